The van der Waals surface area contributed by atoms with E-state index in [0.717, 1.165) is 25.7 Å². The SMILES string of the molecule is Cc1n[nH]c(C)c1S(=O)(=O)NCC1CCCC(N)C1. The van der Waals surface area contributed by atoms with Crippen LogP contribution in [0.5, 0.6) is 0 Å². The van der Waals surface area contributed by atoms with Crippen molar-refractivity contribution in [2.45, 2.75) is 50.5 Å². The fraction of sp³-hybridized carbons (Fsp3) is 0.750. The summed E-state index contributed by atoms with van der Waals surface area (Å²) < 4.78 is 27.2. The Morgan fingerprint density at radius 1 is 1.42 bits per heavy atom. The molecule has 2 rings (SSSR count). The molecule has 2 atom stereocenters. The zero-order valence-electron chi connectivity index (χ0n) is 11.4. The normalized spacial score (nSPS) is 24.6. The number of nitrogens with zero attached hydrogens (tertiary/aromatic N) is 1. The predicted molar refractivity (Wildman–Crippen MR) is 73.2 cm³/mol. The zero-order chi connectivity index (χ0) is 14.0. The number of hydrogen-bond donors (Lipinski definition) is 3. The number of nitrogens with two attached hydrogens (primary N) is 1. The minimum Gasteiger partial charge on any atom is -0.328 e. The van der Waals surface area contributed by atoms with E-state index in [1.54, 1.807) is 13.8 Å². The lowest BCUT2D eigenvalue weighted by atomic mass is 9.86. The number of aromatic nitrogens is 2. The van der Waals surface area contributed by atoms with E-state index in [9.17, 15) is 8.42 Å². The summed E-state index contributed by atoms with van der Waals surface area (Å²) in [5.41, 5.74) is 6.99. The number of rotatable bonds is 4. The minimum atomic E-state index is -3.48. The summed E-state index contributed by atoms with van der Waals surface area (Å²) in [5, 5.41) is 6.62. The summed E-state index contributed by atoms with van der Waals surface area (Å²) in [6.45, 7) is 3.86. The second-order valence-electron chi connectivity index (χ2n) is 5.41. The number of H-pyrrole nitrogens is 1. The molecule has 4 N–H and O–H groups in total. The van der Waals surface area contributed by atoms with Gasteiger partial charge in [-0.05, 0) is 39.0 Å². The van der Waals surface area contributed by atoms with Crippen molar-refractivity contribution in [1.82, 2.24) is 14.9 Å². The molecule has 19 heavy (non-hydrogen) atoms. The van der Waals surface area contributed by atoms with E-state index in [0.29, 0.717) is 23.9 Å². The van der Waals surface area contributed by atoms with E-state index in [1.165, 1.54) is 0 Å². The Morgan fingerprint density at radius 2 is 2.16 bits per heavy atom. The van der Waals surface area contributed by atoms with Gasteiger partial charge < -0.3 is 5.73 Å². The smallest absolute Gasteiger partial charge is 0.244 e. The molecule has 1 aromatic heterocycles. The van der Waals surface area contributed by atoms with Crippen molar-refractivity contribution in [3.63, 3.8) is 0 Å². The van der Waals surface area contributed by atoms with Crippen molar-refractivity contribution in [2.24, 2.45) is 11.7 Å². The van der Waals surface area contributed by atoms with Crippen molar-refractivity contribution in [1.29, 1.82) is 0 Å². The first-order chi connectivity index (χ1) is 8.90. The van der Waals surface area contributed by atoms with E-state index < -0.39 is 10.0 Å². The van der Waals surface area contributed by atoms with Gasteiger partial charge in [-0.25, -0.2) is 13.1 Å². The van der Waals surface area contributed by atoms with Crippen LogP contribution in [0.1, 0.15) is 37.1 Å². The molecule has 0 aliphatic heterocycles. The van der Waals surface area contributed by atoms with Crippen molar-refractivity contribution in [3.05, 3.63) is 11.4 Å². The molecule has 1 aliphatic rings. The second kappa shape index (κ2) is 5.60. The average molecular weight is 286 g/mol. The molecule has 1 aromatic rings. The Kier molecular flexibility index (Phi) is 4.27. The third kappa shape index (κ3) is 3.34. The molecular weight excluding hydrogens is 264 g/mol. The van der Waals surface area contributed by atoms with E-state index >= 15 is 0 Å². The van der Waals surface area contributed by atoms with Crippen molar-refractivity contribution >= 4 is 10.0 Å². The first kappa shape index (κ1) is 14.5. The molecule has 7 heteroatoms. The number of nitrogens with one attached hydrogen (secondary N) is 2. The minimum absolute atomic E-state index is 0.209. The average Bonchev–Trinajstić information content (AvgIpc) is 2.67. The molecule has 1 fully saturated rings. The topological polar surface area (TPSA) is 101 Å². The fourth-order valence-corrected chi connectivity index (χ4v) is 4.24. The molecule has 2 unspecified atom stereocenters. The molecule has 0 aromatic carbocycles. The maximum atomic E-state index is 12.3. The summed E-state index contributed by atoms with van der Waals surface area (Å²) in [7, 11) is -3.48. The Labute approximate surface area is 114 Å². The molecule has 108 valence electrons. The summed E-state index contributed by atoms with van der Waals surface area (Å²) in [4.78, 5) is 0.271. The second-order valence-corrected chi connectivity index (χ2v) is 7.11. The van der Waals surface area contributed by atoms with Crippen molar-refractivity contribution in [3.8, 4) is 0 Å². The number of hydrogen-bond acceptors (Lipinski definition) is 4. The van der Waals surface area contributed by atoms with E-state index in [2.05, 4.69) is 14.9 Å². The molecule has 1 saturated carbocycles. The maximum Gasteiger partial charge on any atom is 0.244 e. The van der Waals surface area contributed by atoms with E-state index in [-0.39, 0.29) is 10.9 Å². The van der Waals surface area contributed by atoms with Gasteiger partial charge in [0.1, 0.15) is 4.90 Å². The van der Waals surface area contributed by atoms with Gasteiger partial charge in [0.15, 0.2) is 0 Å². The van der Waals surface area contributed by atoms with Crippen LogP contribution in [0, 0.1) is 19.8 Å². The third-order valence-electron chi connectivity index (χ3n) is 3.71. The van der Waals surface area contributed by atoms with Gasteiger partial charge in [-0.1, -0.05) is 6.42 Å². The van der Waals surface area contributed by atoms with Crippen LogP contribution in [0.3, 0.4) is 0 Å². The quantitative estimate of drug-likeness (QED) is 0.763. The molecule has 0 saturated heterocycles. The van der Waals surface area contributed by atoms with Crippen LogP contribution in [-0.4, -0.2) is 31.2 Å². The van der Waals surface area contributed by atoms with Gasteiger partial charge in [0, 0.05) is 12.6 Å². The summed E-state index contributed by atoms with van der Waals surface area (Å²) in [6.07, 6.45) is 4.06. The fourth-order valence-electron chi connectivity index (χ4n) is 2.75. The van der Waals surface area contributed by atoms with Crippen LogP contribution < -0.4 is 10.5 Å². The third-order valence-corrected chi connectivity index (χ3v) is 5.40. The zero-order valence-corrected chi connectivity index (χ0v) is 12.3. The van der Waals surface area contributed by atoms with Crippen LogP contribution in [0.25, 0.3) is 0 Å². The van der Waals surface area contributed by atoms with Crippen LogP contribution in [0.4, 0.5) is 0 Å². The molecule has 6 nitrogen and oxygen atoms in total. The lowest BCUT2D eigenvalue weighted by Gasteiger charge is -2.26. The molecule has 1 aliphatic carbocycles. The molecule has 0 spiro atoms. The van der Waals surface area contributed by atoms with Crippen molar-refractivity contribution in [2.75, 3.05) is 6.54 Å². The van der Waals surface area contributed by atoms with Crippen LogP contribution >= 0.6 is 0 Å². The highest BCUT2D eigenvalue weighted by Crippen LogP contribution is 2.23. The lowest BCUT2D eigenvalue weighted by molar-refractivity contribution is 0.322. The molecular formula is C12H22N4O2S. The van der Waals surface area contributed by atoms with Crippen molar-refractivity contribution < 1.29 is 8.42 Å². The Hall–Kier alpha value is -0.920. The summed E-state index contributed by atoms with van der Waals surface area (Å²) in [6, 6.07) is 0.209. The summed E-state index contributed by atoms with van der Waals surface area (Å²) in [5.74, 6) is 0.339. The number of aryl methyl sites for hydroxylation is 2. The van der Waals surface area contributed by atoms with Gasteiger partial charge in [0.25, 0.3) is 0 Å². The molecule has 1 heterocycles. The van der Waals surface area contributed by atoms with Gasteiger partial charge in [0.05, 0.1) is 11.4 Å². The summed E-state index contributed by atoms with van der Waals surface area (Å²) >= 11 is 0. The van der Waals surface area contributed by atoms with Gasteiger partial charge >= 0.3 is 0 Å². The molecule has 0 amide bonds. The predicted octanol–water partition coefficient (Wildman–Crippen LogP) is 0.822. The maximum absolute atomic E-state index is 12.3. The molecule has 0 radical (unpaired) electrons. The first-order valence-electron chi connectivity index (χ1n) is 6.67. The standard InChI is InChI=1S/C12H22N4O2S/c1-8-12(9(2)16-15-8)19(17,18)14-7-10-4-3-5-11(13)6-10/h10-11,14H,3-7,13H2,1-2H3,(H,15,16). The van der Waals surface area contributed by atoms with Gasteiger partial charge in [0.2, 0.25) is 10.0 Å². The van der Waals surface area contributed by atoms with Gasteiger partial charge in [-0.2, -0.15) is 5.10 Å². The Balaban J connectivity index is 2.02. The van der Waals surface area contributed by atoms with E-state index in [1.807, 2.05) is 0 Å². The van der Waals surface area contributed by atoms with Crippen LogP contribution in [0.2, 0.25) is 0 Å². The highest BCUT2D eigenvalue weighted by molar-refractivity contribution is 7.89. The monoisotopic (exact) mass is 286 g/mol. The Bertz CT molecular complexity index is 518. The first-order valence-corrected chi connectivity index (χ1v) is 8.15. The van der Waals surface area contributed by atoms with Crippen LogP contribution in [0.15, 0.2) is 4.90 Å². The lowest BCUT2D eigenvalue weighted by Crippen LogP contribution is -2.35. The number of sulfonamides is 1. The van der Waals surface area contributed by atoms with Gasteiger partial charge in [-0.15, -0.1) is 0 Å². The van der Waals surface area contributed by atoms with E-state index in [4.69, 9.17) is 5.73 Å². The van der Waals surface area contributed by atoms with Crippen LogP contribution in [-0.2, 0) is 10.0 Å². The molecule has 0 bridgehead atoms. The highest BCUT2D eigenvalue weighted by Gasteiger charge is 2.25. The largest absolute Gasteiger partial charge is 0.328 e. The highest BCUT2D eigenvalue weighted by atomic mass is 32.2. The Morgan fingerprint density at radius 3 is 2.74 bits per heavy atom. The number of aromatic amines is 1. The van der Waals surface area contributed by atoms with Gasteiger partial charge in [-0.3, -0.25) is 5.10 Å².